The standard InChI is InChI=1S/C19H11Cl4N3O8/c1-33-7-2-3-8(9(4-7)26(31)32)24-10(27)6-34-11(28)5-25-18(29)12-13(19(25)30)15(21)17(23)16(22)14(12)20/h2-4H,5-6H2,1H3,(H,24,27). The summed E-state index contributed by atoms with van der Waals surface area (Å²) >= 11 is 23.9. The molecule has 1 aliphatic rings. The first-order valence-electron chi connectivity index (χ1n) is 8.97. The van der Waals surface area contributed by atoms with Crippen LogP contribution in [0.3, 0.4) is 0 Å². The number of amides is 3. The van der Waals surface area contributed by atoms with Crippen LogP contribution < -0.4 is 10.1 Å². The van der Waals surface area contributed by atoms with Crippen LogP contribution in [0.5, 0.6) is 5.75 Å². The van der Waals surface area contributed by atoms with Gasteiger partial charge in [-0.25, -0.2) is 0 Å². The quantitative estimate of drug-likeness (QED) is 0.136. The van der Waals surface area contributed by atoms with E-state index in [0.29, 0.717) is 4.90 Å². The molecule has 0 radical (unpaired) electrons. The van der Waals surface area contributed by atoms with Crippen LogP contribution in [0, 0.1) is 10.1 Å². The Morgan fingerprint density at radius 2 is 1.59 bits per heavy atom. The molecule has 0 saturated carbocycles. The number of carbonyl (C=O) groups excluding carboxylic acids is 4. The first-order valence-corrected chi connectivity index (χ1v) is 10.5. The number of ether oxygens (including phenoxy) is 2. The van der Waals surface area contributed by atoms with E-state index in [-0.39, 0.29) is 42.7 Å². The molecule has 0 saturated heterocycles. The summed E-state index contributed by atoms with van der Waals surface area (Å²) in [5.74, 6) is -3.76. The Bertz CT molecular complexity index is 1220. The number of nitrogens with zero attached hydrogens (tertiary/aromatic N) is 2. The van der Waals surface area contributed by atoms with Gasteiger partial charge in [0.1, 0.15) is 18.0 Å². The Kier molecular flexibility index (Phi) is 7.51. The number of methoxy groups -OCH3 is 1. The summed E-state index contributed by atoms with van der Waals surface area (Å²) in [4.78, 5) is 60.4. The molecule has 0 atom stereocenters. The molecule has 34 heavy (non-hydrogen) atoms. The number of halogens is 4. The maximum atomic E-state index is 12.6. The summed E-state index contributed by atoms with van der Waals surface area (Å²) in [7, 11) is 1.32. The summed E-state index contributed by atoms with van der Waals surface area (Å²) in [5.41, 5.74) is -1.24. The van der Waals surface area contributed by atoms with E-state index in [4.69, 9.17) is 55.9 Å². The fraction of sp³-hybridized carbons (Fsp3) is 0.158. The summed E-state index contributed by atoms with van der Waals surface area (Å²) < 4.78 is 9.68. The van der Waals surface area contributed by atoms with Gasteiger partial charge in [-0.1, -0.05) is 46.4 Å². The van der Waals surface area contributed by atoms with Crippen LogP contribution in [0.2, 0.25) is 20.1 Å². The largest absolute Gasteiger partial charge is 0.496 e. The molecular weight excluding hydrogens is 540 g/mol. The van der Waals surface area contributed by atoms with Crippen molar-refractivity contribution in [2.75, 3.05) is 25.6 Å². The number of imide groups is 1. The highest BCUT2D eigenvalue weighted by atomic mass is 35.5. The predicted octanol–water partition coefficient (Wildman–Crippen LogP) is 3.99. The highest BCUT2D eigenvalue weighted by Gasteiger charge is 2.42. The van der Waals surface area contributed by atoms with Gasteiger partial charge in [-0.05, 0) is 12.1 Å². The van der Waals surface area contributed by atoms with Crippen molar-refractivity contribution in [2.45, 2.75) is 0 Å². The molecule has 0 fully saturated rings. The number of nitro benzene ring substituents is 1. The Labute approximate surface area is 210 Å². The number of benzene rings is 2. The number of anilines is 1. The van der Waals surface area contributed by atoms with E-state index in [1.807, 2.05) is 0 Å². The van der Waals surface area contributed by atoms with Gasteiger partial charge in [-0.15, -0.1) is 0 Å². The topological polar surface area (TPSA) is 145 Å². The molecule has 0 aliphatic carbocycles. The van der Waals surface area contributed by atoms with Gasteiger partial charge < -0.3 is 14.8 Å². The second kappa shape index (κ2) is 10.0. The molecule has 0 unspecified atom stereocenters. The minimum absolute atomic E-state index is 0.162. The number of hydrogen-bond donors (Lipinski definition) is 1. The van der Waals surface area contributed by atoms with E-state index in [9.17, 15) is 29.3 Å². The van der Waals surface area contributed by atoms with E-state index in [2.05, 4.69) is 5.32 Å². The van der Waals surface area contributed by atoms with Crippen molar-refractivity contribution in [1.82, 2.24) is 4.90 Å². The molecule has 1 heterocycles. The van der Waals surface area contributed by atoms with E-state index < -0.39 is 47.5 Å². The van der Waals surface area contributed by atoms with Crippen LogP contribution in [0.4, 0.5) is 11.4 Å². The second-order valence-corrected chi connectivity index (χ2v) is 8.06. The van der Waals surface area contributed by atoms with Gasteiger partial charge in [0.05, 0.1) is 49.3 Å². The fourth-order valence-electron chi connectivity index (χ4n) is 2.94. The Morgan fingerprint density at radius 1 is 1.03 bits per heavy atom. The molecule has 3 rings (SSSR count). The van der Waals surface area contributed by atoms with Gasteiger partial charge >= 0.3 is 5.97 Å². The molecule has 15 heteroatoms. The van der Waals surface area contributed by atoms with Crippen LogP contribution in [0.25, 0.3) is 0 Å². The van der Waals surface area contributed by atoms with E-state index in [1.54, 1.807) is 0 Å². The SMILES string of the molecule is COc1ccc(NC(=O)COC(=O)CN2C(=O)c3c(Cl)c(Cl)c(Cl)c(Cl)c3C2=O)c([N+](=O)[O-])c1. The Hall–Kier alpha value is -3.12. The van der Waals surface area contributed by atoms with E-state index in [0.717, 1.165) is 6.07 Å². The lowest BCUT2D eigenvalue weighted by molar-refractivity contribution is -0.384. The molecule has 2 aromatic rings. The summed E-state index contributed by atoms with van der Waals surface area (Å²) in [6.45, 7) is -1.73. The van der Waals surface area contributed by atoms with Crippen molar-refractivity contribution in [3.8, 4) is 5.75 Å². The normalized spacial score (nSPS) is 12.4. The highest BCUT2D eigenvalue weighted by molar-refractivity contribution is 6.55. The first kappa shape index (κ1) is 25.5. The van der Waals surface area contributed by atoms with Crippen LogP contribution in [-0.4, -0.2) is 53.8 Å². The van der Waals surface area contributed by atoms with Gasteiger partial charge in [0.2, 0.25) is 0 Å². The van der Waals surface area contributed by atoms with Gasteiger partial charge in [0.15, 0.2) is 6.61 Å². The van der Waals surface area contributed by atoms with Crippen molar-refractivity contribution in [2.24, 2.45) is 0 Å². The number of esters is 1. The molecule has 178 valence electrons. The third-order valence-corrected chi connectivity index (χ3v) is 6.31. The molecule has 1 N–H and O–H groups in total. The minimum atomic E-state index is -1.13. The lowest BCUT2D eigenvalue weighted by atomic mass is 10.1. The zero-order chi connectivity index (χ0) is 25.3. The Balaban J connectivity index is 1.66. The summed E-state index contributed by atoms with van der Waals surface area (Å²) in [6.07, 6.45) is 0. The Morgan fingerprint density at radius 3 is 2.09 bits per heavy atom. The minimum Gasteiger partial charge on any atom is -0.496 e. The smallest absolute Gasteiger partial charge is 0.326 e. The number of nitro groups is 1. The maximum absolute atomic E-state index is 12.6. The molecule has 11 nitrogen and oxygen atoms in total. The monoisotopic (exact) mass is 549 g/mol. The van der Waals surface area contributed by atoms with Gasteiger partial charge in [-0.3, -0.25) is 34.2 Å². The number of carbonyl (C=O) groups is 4. The molecule has 1 aliphatic heterocycles. The van der Waals surface area contributed by atoms with Crippen molar-refractivity contribution in [3.63, 3.8) is 0 Å². The maximum Gasteiger partial charge on any atom is 0.326 e. The van der Waals surface area contributed by atoms with Gasteiger partial charge in [-0.2, -0.15) is 0 Å². The number of hydrogen-bond acceptors (Lipinski definition) is 8. The average Bonchev–Trinajstić information content (AvgIpc) is 3.05. The summed E-state index contributed by atoms with van der Waals surface area (Å²) in [5, 5.41) is 12.3. The third kappa shape index (κ3) is 4.73. The van der Waals surface area contributed by atoms with Crippen LogP contribution in [0.1, 0.15) is 20.7 Å². The molecule has 0 aromatic heterocycles. The molecule has 0 spiro atoms. The van der Waals surface area contributed by atoms with Crippen molar-refractivity contribution in [3.05, 3.63) is 59.5 Å². The average molecular weight is 551 g/mol. The van der Waals surface area contributed by atoms with Crippen LogP contribution in [-0.2, 0) is 14.3 Å². The molecule has 3 amide bonds. The lowest BCUT2D eigenvalue weighted by Crippen LogP contribution is -2.36. The van der Waals surface area contributed by atoms with Crippen LogP contribution in [0.15, 0.2) is 18.2 Å². The second-order valence-electron chi connectivity index (χ2n) is 6.55. The first-order chi connectivity index (χ1) is 16.0. The lowest BCUT2D eigenvalue weighted by Gasteiger charge is -2.13. The highest BCUT2D eigenvalue weighted by Crippen LogP contribution is 2.44. The van der Waals surface area contributed by atoms with Crippen molar-refractivity contribution >= 4 is 81.5 Å². The number of fused-ring (bicyclic) bond motifs is 1. The van der Waals surface area contributed by atoms with Crippen molar-refractivity contribution < 1.29 is 33.6 Å². The van der Waals surface area contributed by atoms with Gasteiger partial charge in [0, 0.05) is 0 Å². The zero-order valence-corrected chi connectivity index (χ0v) is 19.8. The number of rotatable bonds is 7. The van der Waals surface area contributed by atoms with E-state index >= 15 is 0 Å². The zero-order valence-electron chi connectivity index (χ0n) is 16.8. The fourth-order valence-corrected chi connectivity index (χ4v) is 3.96. The molecule has 2 aromatic carbocycles. The van der Waals surface area contributed by atoms with Crippen molar-refractivity contribution in [1.29, 1.82) is 0 Å². The van der Waals surface area contributed by atoms with Gasteiger partial charge in [0.25, 0.3) is 23.4 Å². The molecule has 0 bridgehead atoms. The third-order valence-electron chi connectivity index (χ3n) is 4.51. The number of nitrogens with one attached hydrogen (secondary N) is 1. The molecular formula is C19H11Cl4N3O8. The summed E-state index contributed by atoms with van der Waals surface area (Å²) in [6, 6.07) is 3.71. The van der Waals surface area contributed by atoms with E-state index in [1.165, 1.54) is 19.2 Å². The van der Waals surface area contributed by atoms with Crippen LogP contribution >= 0.6 is 46.4 Å². The predicted molar refractivity (Wildman–Crippen MR) is 121 cm³/mol.